The Morgan fingerprint density at radius 2 is 1.88 bits per heavy atom. The van der Waals surface area contributed by atoms with Gasteiger partial charge < -0.3 is 25.6 Å². The van der Waals surface area contributed by atoms with Crippen molar-refractivity contribution in [2.75, 3.05) is 32.6 Å². The first kappa shape index (κ1) is 22.7. The van der Waals surface area contributed by atoms with Gasteiger partial charge in [-0.1, -0.05) is 6.07 Å². The van der Waals surface area contributed by atoms with E-state index in [-0.39, 0.29) is 41.5 Å². The molecule has 3 amide bonds. The summed E-state index contributed by atoms with van der Waals surface area (Å²) in [5.41, 5.74) is 1.71. The molecule has 1 aromatic carbocycles. The van der Waals surface area contributed by atoms with Gasteiger partial charge in [0, 0.05) is 24.7 Å². The van der Waals surface area contributed by atoms with E-state index in [0.717, 1.165) is 34.0 Å². The number of benzene rings is 1. The number of fused-ring (bicyclic) bond motifs is 2. The first-order valence-corrected chi connectivity index (χ1v) is 13.6. The van der Waals surface area contributed by atoms with Crippen molar-refractivity contribution >= 4 is 29.1 Å². The van der Waals surface area contributed by atoms with E-state index in [1.165, 1.54) is 6.07 Å². The molecule has 0 spiro atoms. The van der Waals surface area contributed by atoms with E-state index >= 15 is 0 Å². The molecule has 0 bridgehead atoms. The lowest BCUT2D eigenvalue weighted by molar-refractivity contribution is -0.639. The van der Waals surface area contributed by atoms with Crippen LogP contribution in [-0.4, -0.2) is 70.0 Å². The molecule has 7 aliphatic rings. The number of rotatable bonds is 7. The Morgan fingerprint density at radius 1 is 1.12 bits per heavy atom. The standard InChI is InChI=1S/C28H26FN7O4/c1-35(2)28-21-18-22(28)20-23(28)19(21)27(18,20)10-31-26(39)15-6-14(34-24-12(29)8-32-36(15)24)25(38)30-7-11-3-4-16-13(5-11)33-17(37)9-40-16/h3-6,8,18-23H,7,9-10H2,1-2H3,(H,30,38)(H,31,39)(H,33,37). The Labute approximate surface area is 227 Å². The number of ether oxygens (including phenoxy) is 1. The third-order valence-corrected chi connectivity index (χ3v) is 11.1. The second-order valence-corrected chi connectivity index (χ2v) is 12.3. The maximum Gasteiger partial charge on any atom is 0.270 e. The normalized spacial score (nSPS) is 36.0. The molecule has 11 nitrogen and oxygen atoms in total. The number of hydrogen-bond acceptors (Lipinski definition) is 7. The highest BCUT2D eigenvalue weighted by atomic mass is 19.1. The first-order chi connectivity index (χ1) is 19.3. The molecule has 12 heteroatoms. The van der Waals surface area contributed by atoms with Gasteiger partial charge in [0.2, 0.25) is 0 Å². The van der Waals surface area contributed by atoms with Crippen LogP contribution in [0.25, 0.3) is 5.65 Å². The van der Waals surface area contributed by atoms with Crippen molar-refractivity contribution in [1.82, 2.24) is 30.1 Å². The van der Waals surface area contributed by atoms with Gasteiger partial charge in [-0.25, -0.2) is 13.9 Å². The molecule has 3 aromatic rings. The van der Waals surface area contributed by atoms with Crippen molar-refractivity contribution in [3.8, 4) is 5.75 Å². The molecule has 40 heavy (non-hydrogen) atoms. The summed E-state index contributed by atoms with van der Waals surface area (Å²) in [7, 11) is 4.39. The van der Waals surface area contributed by atoms with Gasteiger partial charge in [0.1, 0.15) is 17.1 Å². The van der Waals surface area contributed by atoms with Gasteiger partial charge in [-0.15, -0.1) is 0 Å². The molecule has 0 atom stereocenters. The molecule has 6 saturated carbocycles. The van der Waals surface area contributed by atoms with E-state index in [2.05, 4.69) is 45.0 Å². The highest BCUT2D eigenvalue weighted by Crippen LogP contribution is 3.07. The topological polar surface area (TPSA) is 130 Å². The van der Waals surface area contributed by atoms with Crippen molar-refractivity contribution in [2.24, 2.45) is 40.9 Å². The molecule has 1 aliphatic heterocycles. The zero-order valence-corrected chi connectivity index (χ0v) is 21.8. The van der Waals surface area contributed by atoms with Crippen LogP contribution in [0.3, 0.4) is 0 Å². The average molecular weight is 544 g/mol. The van der Waals surface area contributed by atoms with E-state index in [1.807, 2.05) is 0 Å². The number of carbonyl (C=O) groups is 3. The zero-order chi connectivity index (χ0) is 27.3. The van der Waals surface area contributed by atoms with Crippen LogP contribution in [0, 0.1) is 46.7 Å². The van der Waals surface area contributed by atoms with Crippen molar-refractivity contribution in [1.29, 1.82) is 0 Å². The second kappa shape index (κ2) is 6.98. The molecule has 0 radical (unpaired) electrons. The maximum absolute atomic E-state index is 14.5. The minimum atomic E-state index is -0.718. The lowest BCUT2D eigenvalue weighted by Gasteiger charge is -3.12. The Morgan fingerprint density at radius 3 is 2.60 bits per heavy atom. The Balaban J connectivity index is 0.921. The molecular weight excluding hydrogens is 517 g/mol. The van der Waals surface area contributed by atoms with Crippen molar-refractivity contribution < 1.29 is 23.5 Å². The second-order valence-electron chi connectivity index (χ2n) is 12.3. The van der Waals surface area contributed by atoms with Crippen LogP contribution < -0.4 is 20.7 Å². The van der Waals surface area contributed by atoms with Crippen LogP contribution in [0.2, 0.25) is 0 Å². The van der Waals surface area contributed by atoms with Crippen LogP contribution >= 0.6 is 0 Å². The molecule has 6 fully saturated rings. The molecule has 0 saturated heterocycles. The zero-order valence-electron chi connectivity index (χ0n) is 21.8. The van der Waals surface area contributed by atoms with E-state index in [4.69, 9.17) is 4.74 Å². The maximum atomic E-state index is 14.5. The van der Waals surface area contributed by atoms with E-state index in [9.17, 15) is 18.8 Å². The molecule has 204 valence electrons. The van der Waals surface area contributed by atoms with Crippen LogP contribution in [0.15, 0.2) is 30.5 Å². The van der Waals surface area contributed by atoms with Crippen molar-refractivity contribution in [3.63, 3.8) is 0 Å². The molecule has 2 aromatic heterocycles. The van der Waals surface area contributed by atoms with E-state index < -0.39 is 17.6 Å². The minimum Gasteiger partial charge on any atom is -0.482 e. The highest BCUT2D eigenvalue weighted by Gasteiger charge is 3.09. The number of halogens is 1. The van der Waals surface area contributed by atoms with Gasteiger partial charge in [-0.2, -0.15) is 5.10 Å². The minimum absolute atomic E-state index is 0.0419. The SMILES string of the molecule is CN(C)C12C3C4C1C1C2C3C41CNC(=O)c1cc(C(=O)NCc2ccc3c(c2)NC(=O)CO3)nc2c(F)cnn12. The number of hydrogen-bond donors (Lipinski definition) is 3. The molecule has 10 rings (SSSR count). The summed E-state index contributed by atoms with van der Waals surface area (Å²) in [5, 5.41) is 12.6. The fourth-order valence-electron chi connectivity index (χ4n) is 9.99. The van der Waals surface area contributed by atoms with Crippen LogP contribution in [0.1, 0.15) is 26.5 Å². The summed E-state index contributed by atoms with van der Waals surface area (Å²) in [5.74, 6) is 3.08. The summed E-state index contributed by atoms with van der Waals surface area (Å²) in [6.07, 6.45) is 0.989. The van der Waals surface area contributed by atoms with Gasteiger partial charge in [-0.05, 0) is 72.7 Å². The first-order valence-electron chi connectivity index (χ1n) is 13.6. The number of nitrogens with zero attached hydrogens (tertiary/aromatic N) is 4. The average Bonchev–Trinajstić information content (AvgIpc) is 3.34. The summed E-state index contributed by atoms with van der Waals surface area (Å²) < 4.78 is 21.0. The lowest BCUT2D eigenvalue weighted by Crippen LogP contribution is -3.15. The molecule has 3 heterocycles. The molecule has 6 aliphatic carbocycles. The van der Waals surface area contributed by atoms with E-state index in [0.29, 0.717) is 41.3 Å². The van der Waals surface area contributed by atoms with Crippen molar-refractivity contribution in [3.05, 3.63) is 53.2 Å². The Kier molecular flexibility index (Phi) is 3.97. The van der Waals surface area contributed by atoms with Gasteiger partial charge in [0.15, 0.2) is 18.1 Å². The summed E-state index contributed by atoms with van der Waals surface area (Å²) in [4.78, 5) is 44.6. The molecule has 0 unspecified atom stereocenters. The monoisotopic (exact) mass is 543 g/mol. The Hall–Kier alpha value is -4.06. The predicted octanol–water partition coefficient (Wildman–Crippen LogP) is 0.911. The van der Waals surface area contributed by atoms with Gasteiger partial charge in [0.25, 0.3) is 17.7 Å². The highest BCUT2D eigenvalue weighted by molar-refractivity contribution is 5.98. The van der Waals surface area contributed by atoms with Gasteiger partial charge >= 0.3 is 0 Å². The van der Waals surface area contributed by atoms with Crippen LogP contribution in [-0.2, 0) is 11.3 Å². The quantitative estimate of drug-likeness (QED) is 0.404. The van der Waals surface area contributed by atoms with Gasteiger partial charge in [0.05, 0.1) is 11.9 Å². The number of carbonyl (C=O) groups excluding carboxylic acids is 3. The third-order valence-electron chi connectivity index (χ3n) is 11.1. The molecule has 3 N–H and O–H groups in total. The van der Waals surface area contributed by atoms with E-state index in [1.54, 1.807) is 18.2 Å². The fourth-order valence-corrected chi connectivity index (χ4v) is 9.99. The smallest absolute Gasteiger partial charge is 0.270 e. The Bertz CT molecular complexity index is 1660. The van der Waals surface area contributed by atoms with Crippen LogP contribution in [0.5, 0.6) is 5.75 Å². The van der Waals surface area contributed by atoms with Crippen LogP contribution in [0.4, 0.5) is 10.1 Å². The summed E-state index contributed by atoms with van der Waals surface area (Å²) >= 11 is 0. The van der Waals surface area contributed by atoms with Crippen molar-refractivity contribution in [2.45, 2.75) is 12.1 Å². The predicted molar refractivity (Wildman–Crippen MR) is 137 cm³/mol. The lowest BCUT2D eigenvalue weighted by atomic mass is 8.94. The third kappa shape index (κ3) is 2.25. The number of nitrogens with one attached hydrogen (secondary N) is 3. The van der Waals surface area contributed by atoms with Gasteiger partial charge in [-0.3, -0.25) is 14.4 Å². The largest absolute Gasteiger partial charge is 0.482 e. The number of anilines is 1. The fraction of sp³-hybridized carbons (Fsp3) is 0.464. The number of amides is 3. The summed E-state index contributed by atoms with van der Waals surface area (Å²) in [6, 6.07) is 6.55. The molecular formula is C28H26FN7O4. The number of aromatic nitrogens is 3. The summed E-state index contributed by atoms with van der Waals surface area (Å²) in [6.45, 7) is 0.689.